The number of hydrogen-bond acceptors (Lipinski definition) is 6. The average Bonchev–Trinajstić information content (AvgIpc) is 2.92. The molecule has 0 unspecified atom stereocenters. The lowest BCUT2D eigenvalue weighted by Crippen LogP contribution is -1.76. The first-order valence-corrected chi connectivity index (χ1v) is 5.36. The minimum atomic E-state index is 0.536. The molecule has 3 aromatic heterocycles. The van der Waals surface area contributed by atoms with Gasteiger partial charge in [-0.2, -0.15) is 0 Å². The van der Waals surface area contributed by atoms with E-state index in [0.29, 0.717) is 16.8 Å². The zero-order chi connectivity index (χ0) is 11.1. The van der Waals surface area contributed by atoms with Crippen LogP contribution in [0.1, 0.15) is 15.2 Å². The smallest absolute Gasteiger partial charge is 0.189 e. The van der Waals surface area contributed by atoms with E-state index in [-0.39, 0.29) is 0 Å². The Morgan fingerprint density at radius 2 is 2.38 bits per heavy atom. The molecule has 0 aliphatic heterocycles. The van der Waals surface area contributed by atoms with Crippen molar-refractivity contribution in [3.8, 4) is 11.3 Å². The molecule has 0 N–H and O–H groups in total. The topological polar surface area (TPSA) is 69.1 Å². The predicted octanol–water partition coefficient (Wildman–Crippen LogP) is 2.67. The van der Waals surface area contributed by atoms with Crippen LogP contribution in [0, 0.1) is 6.92 Å². The first-order chi connectivity index (χ1) is 7.81. The number of fused-ring (bicyclic) bond motifs is 1. The molecule has 80 valence electrons. The van der Waals surface area contributed by atoms with Gasteiger partial charge in [-0.15, -0.1) is 11.3 Å². The number of rotatable bonds is 2. The quantitative estimate of drug-likeness (QED) is 0.637. The predicted molar refractivity (Wildman–Crippen MR) is 57.5 cm³/mol. The molecule has 0 radical (unpaired) electrons. The highest BCUT2D eigenvalue weighted by Gasteiger charge is 2.19. The van der Waals surface area contributed by atoms with E-state index in [4.69, 9.17) is 9.05 Å². The standard InChI is InChI=1S/C10H6N2O3S/c1-5-7(3-13)9-10(16-5)8(12-15-9)6-2-11-14-4-6/h2-4H,1H3. The van der Waals surface area contributed by atoms with Crippen LogP contribution >= 0.6 is 11.3 Å². The van der Waals surface area contributed by atoms with Gasteiger partial charge in [0.15, 0.2) is 11.9 Å². The average molecular weight is 234 g/mol. The summed E-state index contributed by atoms with van der Waals surface area (Å²) in [5.74, 6) is 0. The number of aromatic nitrogens is 2. The molecule has 3 heterocycles. The molecule has 0 bridgehead atoms. The molecule has 0 saturated carbocycles. The molecule has 0 fully saturated rings. The van der Waals surface area contributed by atoms with E-state index in [0.717, 1.165) is 21.4 Å². The second kappa shape index (κ2) is 3.28. The van der Waals surface area contributed by atoms with Gasteiger partial charge in [-0.1, -0.05) is 10.3 Å². The zero-order valence-electron chi connectivity index (χ0n) is 8.26. The lowest BCUT2D eigenvalue weighted by molar-refractivity contribution is 0.112. The van der Waals surface area contributed by atoms with E-state index in [9.17, 15) is 4.79 Å². The molecule has 16 heavy (non-hydrogen) atoms. The van der Waals surface area contributed by atoms with E-state index in [1.165, 1.54) is 17.6 Å². The van der Waals surface area contributed by atoms with Gasteiger partial charge < -0.3 is 9.05 Å². The number of aldehydes is 1. The van der Waals surface area contributed by atoms with Crippen molar-refractivity contribution in [1.82, 2.24) is 10.3 Å². The molecule has 0 aromatic carbocycles. The molecular weight excluding hydrogens is 228 g/mol. The molecule has 3 rings (SSSR count). The lowest BCUT2D eigenvalue weighted by Gasteiger charge is -1.84. The molecule has 0 spiro atoms. The summed E-state index contributed by atoms with van der Waals surface area (Å²) in [4.78, 5) is 11.8. The summed E-state index contributed by atoms with van der Waals surface area (Å²) in [6, 6.07) is 0. The third-order valence-electron chi connectivity index (χ3n) is 2.35. The zero-order valence-corrected chi connectivity index (χ0v) is 9.08. The first kappa shape index (κ1) is 9.29. The van der Waals surface area contributed by atoms with Crippen molar-refractivity contribution in [3.05, 3.63) is 22.9 Å². The van der Waals surface area contributed by atoms with Crippen LogP contribution in [0.3, 0.4) is 0 Å². The third kappa shape index (κ3) is 1.13. The summed E-state index contributed by atoms with van der Waals surface area (Å²) in [6.07, 6.45) is 3.84. The van der Waals surface area contributed by atoms with E-state index in [1.807, 2.05) is 6.92 Å². The molecule has 0 atom stereocenters. The van der Waals surface area contributed by atoms with E-state index in [2.05, 4.69) is 10.3 Å². The Kier molecular flexibility index (Phi) is 1.90. The number of hydrogen-bond donors (Lipinski definition) is 0. The van der Waals surface area contributed by atoms with Crippen LogP contribution in [0.2, 0.25) is 0 Å². The minimum Gasteiger partial charge on any atom is -0.364 e. The van der Waals surface area contributed by atoms with Crippen LogP contribution < -0.4 is 0 Å². The molecule has 0 aliphatic carbocycles. The summed E-state index contributed by atoms with van der Waals surface area (Å²) in [5.41, 5.74) is 2.51. The summed E-state index contributed by atoms with van der Waals surface area (Å²) in [5, 5.41) is 7.54. The fourth-order valence-electron chi connectivity index (χ4n) is 1.56. The number of carbonyl (C=O) groups excluding carboxylic acids is 1. The van der Waals surface area contributed by atoms with Gasteiger partial charge in [-0.05, 0) is 6.92 Å². The van der Waals surface area contributed by atoms with Gasteiger partial charge in [0, 0.05) is 4.88 Å². The second-order valence-electron chi connectivity index (χ2n) is 3.29. The van der Waals surface area contributed by atoms with Gasteiger partial charge in [-0.25, -0.2) is 0 Å². The number of aryl methyl sites for hydroxylation is 1. The summed E-state index contributed by atoms with van der Waals surface area (Å²) < 4.78 is 10.8. The highest BCUT2D eigenvalue weighted by atomic mass is 32.1. The van der Waals surface area contributed by atoms with Crippen molar-refractivity contribution in [2.75, 3.05) is 0 Å². The van der Waals surface area contributed by atoms with Crippen molar-refractivity contribution in [3.63, 3.8) is 0 Å². The van der Waals surface area contributed by atoms with Gasteiger partial charge in [0.05, 0.1) is 17.3 Å². The number of thiophene rings is 1. The maximum Gasteiger partial charge on any atom is 0.189 e. The van der Waals surface area contributed by atoms with Crippen LogP contribution in [-0.4, -0.2) is 16.6 Å². The van der Waals surface area contributed by atoms with Crippen molar-refractivity contribution in [2.24, 2.45) is 0 Å². The molecule has 3 aromatic rings. The van der Waals surface area contributed by atoms with Gasteiger partial charge in [0.2, 0.25) is 0 Å². The Morgan fingerprint density at radius 1 is 1.50 bits per heavy atom. The van der Waals surface area contributed by atoms with Crippen molar-refractivity contribution in [2.45, 2.75) is 6.92 Å². The normalized spacial score (nSPS) is 11.1. The minimum absolute atomic E-state index is 0.536. The SMILES string of the molecule is Cc1sc2c(-c3cnoc3)noc2c1C=O. The largest absolute Gasteiger partial charge is 0.364 e. The molecule has 0 amide bonds. The van der Waals surface area contributed by atoms with Crippen LogP contribution in [-0.2, 0) is 0 Å². The maximum atomic E-state index is 10.9. The van der Waals surface area contributed by atoms with E-state index in [1.54, 1.807) is 6.20 Å². The fourth-order valence-corrected chi connectivity index (χ4v) is 2.61. The number of carbonyl (C=O) groups is 1. The van der Waals surface area contributed by atoms with E-state index >= 15 is 0 Å². The molecular formula is C10H6N2O3S. The van der Waals surface area contributed by atoms with Crippen molar-refractivity contribution >= 4 is 27.9 Å². The van der Waals surface area contributed by atoms with Crippen LogP contribution in [0.4, 0.5) is 0 Å². The van der Waals surface area contributed by atoms with Crippen molar-refractivity contribution < 1.29 is 13.8 Å². The van der Waals surface area contributed by atoms with E-state index < -0.39 is 0 Å². The monoisotopic (exact) mass is 234 g/mol. The van der Waals surface area contributed by atoms with Gasteiger partial charge in [0.25, 0.3) is 0 Å². The number of nitrogens with zero attached hydrogens (tertiary/aromatic N) is 2. The lowest BCUT2D eigenvalue weighted by atomic mass is 10.2. The maximum absolute atomic E-state index is 10.9. The van der Waals surface area contributed by atoms with Gasteiger partial charge in [0.1, 0.15) is 16.7 Å². The molecule has 6 heteroatoms. The summed E-state index contributed by atoms with van der Waals surface area (Å²) >= 11 is 1.48. The Labute approximate surface area is 93.6 Å². The second-order valence-corrected chi connectivity index (χ2v) is 4.52. The van der Waals surface area contributed by atoms with Crippen LogP contribution in [0.5, 0.6) is 0 Å². The molecule has 0 aliphatic rings. The van der Waals surface area contributed by atoms with Crippen molar-refractivity contribution in [1.29, 1.82) is 0 Å². The van der Waals surface area contributed by atoms with Gasteiger partial charge in [-0.3, -0.25) is 4.79 Å². The Bertz CT molecular complexity index is 651. The summed E-state index contributed by atoms with van der Waals surface area (Å²) in [6.45, 7) is 1.88. The Balaban J connectivity index is 2.33. The first-order valence-electron chi connectivity index (χ1n) is 4.55. The Morgan fingerprint density at radius 3 is 3.06 bits per heavy atom. The van der Waals surface area contributed by atoms with Gasteiger partial charge >= 0.3 is 0 Å². The highest BCUT2D eigenvalue weighted by molar-refractivity contribution is 7.19. The van der Waals surface area contributed by atoms with Crippen LogP contribution in [0.15, 0.2) is 21.5 Å². The molecule has 5 nitrogen and oxygen atoms in total. The third-order valence-corrected chi connectivity index (χ3v) is 3.46. The summed E-state index contributed by atoms with van der Waals surface area (Å²) in [7, 11) is 0. The molecule has 0 saturated heterocycles. The Hall–Kier alpha value is -1.95. The fraction of sp³-hybridized carbons (Fsp3) is 0.100. The van der Waals surface area contributed by atoms with Crippen LogP contribution in [0.25, 0.3) is 21.5 Å². The highest BCUT2D eigenvalue weighted by Crippen LogP contribution is 2.36.